The van der Waals surface area contributed by atoms with Crippen molar-refractivity contribution >= 4 is 19.5 Å². The maximum absolute atomic E-state index is 8.71. The van der Waals surface area contributed by atoms with Crippen LogP contribution in [0.4, 0.5) is 0 Å². The number of halogens is 1. The summed E-state index contributed by atoms with van der Waals surface area (Å²) in [6, 6.07) is 0. The molecule has 5 heteroatoms. The maximum atomic E-state index is 8.71. The van der Waals surface area contributed by atoms with E-state index in [2.05, 4.69) is 0 Å². The van der Waals surface area contributed by atoms with Gasteiger partial charge in [-0.1, -0.05) is 12.8 Å². The highest BCUT2D eigenvalue weighted by Crippen LogP contribution is 2.26. The van der Waals surface area contributed by atoms with E-state index in [-0.39, 0.29) is 12.4 Å². The van der Waals surface area contributed by atoms with Crippen LogP contribution in [0.1, 0.15) is 25.7 Å². The van der Waals surface area contributed by atoms with Crippen molar-refractivity contribution in [3.8, 4) is 0 Å². The molecule has 0 aromatic heterocycles. The third kappa shape index (κ3) is 2.99. The maximum Gasteiger partial charge on any atom is 0.469 e. The molecule has 0 unspecified atom stereocenters. The van der Waals surface area contributed by atoms with Gasteiger partial charge in [0.05, 0.1) is 0 Å². The van der Waals surface area contributed by atoms with E-state index in [0.717, 1.165) is 12.8 Å². The number of nitrogens with two attached hydrogens (primary N) is 1. The third-order valence-electron chi connectivity index (χ3n) is 2.29. The Hall–Kier alpha value is 0.235. The van der Waals surface area contributed by atoms with Crippen molar-refractivity contribution in [3.05, 3.63) is 0 Å². The second-order valence-electron chi connectivity index (χ2n) is 3.04. The van der Waals surface area contributed by atoms with Crippen LogP contribution in [0.3, 0.4) is 0 Å². The molecular formula is C6H15BClNO2. The van der Waals surface area contributed by atoms with Gasteiger partial charge >= 0.3 is 7.12 Å². The van der Waals surface area contributed by atoms with E-state index >= 15 is 0 Å². The van der Waals surface area contributed by atoms with Crippen molar-refractivity contribution in [2.45, 2.75) is 31.6 Å². The summed E-state index contributed by atoms with van der Waals surface area (Å²) in [5, 5.41) is 17.4. The lowest BCUT2D eigenvalue weighted by Gasteiger charge is -2.16. The van der Waals surface area contributed by atoms with Crippen LogP contribution in [0.15, 0.2) is 0 Å². The summed E-state index contributed by atoms with van der Waals surface area (Å²) < 4.78 is 0. The van der Waals surface area contributed by atoms with Gasteiger partial charge in [0.1, 0.15) is 0 Å². The molecule has 0 aliphatic heterocycles. The van der Waals surface area contributed by atoms with Gasteiger partial charge in [0.2, 0.25) is 0 Å². The van der Waals surface area contributed by atoms with Crippen LogP contribution < -0.4 is 5.73 Å². The molecule has 3 nitrogen and oxygen atoms in total. The normalized spacial score (nSPS) is 21.0. The Bertz CT molecular complexity index is 109. The smallest absolute Gasteiger partial charge is 0.426 e. The van der Waals surface area contributed by atoms with Crippen molar-refractivity contribution in [2.75, 3.05) is 0 Å². The third-order valence-corrected chi connectivity index (χ3v) is 2.29. The monoisotopic (exact) mass is 179 g/mol. The van der Waals surface area contributed by atoms with Crippen LogP contribution in [0.25, 0.3) is 0 Å². The minimum atomic E-state index is -1.33. The van der Waals surface area contributed by atoms with Crippen LogP contribution in [0.5, 0.6) is 0 Å². The van der Waals surface area contributed by atoms with Crippen LogP contribution in [0, 0.1) is 5.92 Å². The van der Waals surface area contributed by atoms with Crippen molar-refractivity contribution in [3.63, 3.8) is 0 Å². The van der Waals surface area contributed by atoms with E-state index in [9.17, 15) is 0 Å². The first-order chi connectivity index (χ1) is 4.72. The first-order valence-corrected chi connectivity index (χ1v) is 3.83. The quantitative estimate of drug-likeness (QED) is 0.520. The fraction of sp³-hybridized carbons (Fsp3) is 1.00. The molecular weight excluding hydrogens is 164 g/mol. The van der Waals surface area contributed by atoms with Crippen LogP contribution in [-0.4, -0.2) is 23.1 Å². The summed E-state index contributed by atoms with van der Waals surface area (Å²) in [7, 11) is -1.33. The highest BCUT2D eigenvalue weighted by atomic mass is 35.5. The molecule has 0 heterocycles. The van der Waals surface area contributed by atoms with E-state index in [4.69, 9.17) is 15.8 Å². The van der Waals surface area contributed by atoms with E-state index in [1.165, 1.54) is 12.8 Å². The van der Waals surface area contributed by atoms with Gasteiger partial charge in [-0.3, -0.25) is 0 Å². The second kappa shape index (κ2) is 4.98. The van der Waals surface area contributed by atoms with Gasteiger partial charge in [-0.25, -0.2) is 0 Å². The van der Waals surface area contributed by atoms with Crippen molar-refractivity contribution in [1.29, 1.82) is 0 Å². The molecule has 11 heavy (non-hydrogen) atoms. The molecule has 1 rings (SSSR count). The molecule has 0 saturated heterocycles. The van der Waals surface area contributed by atoms with Crippen molar-refractivity contribution in [2.24, 2.45) is 11.7 Å². The average Bonchev–Trinajstić information content (AvgIpc) is 2.36. The number of rotatable bonds is 2. The Labute approximate surface area is 73.5 Å². The Morgan fingerprint density at radius 3 is 2.09 bits per heavy atom. The first-order valence-electron chi connectivity index (χ1n) is 3.83. The Kier molecular flexibility index (Phi) is 5.09. The average molecular weight is 179 g/mol. The first kappa shape index (κ1) is 11.2. The SMILES string of the molecule is Cl.N[C@H](B(O)O)C1CCCC1. The fourth-order valence-electron chi connectivity index (χ4n) is 1.59. The van der Waals surface area contributed by atoms with Gasteiger partial charge in [0.15, 0.2) is 0 Å². The molecule has 0 spiro atoms. The summed E-state index contributed by atoms with van der Waals surface area (Å²) in [5.41, 5.74) is 5.52. The topological polar surface area (TPSA) is 66.5 Å². The minimum Gasteiger partial charge on any atom is -0.426 e. The highest BCUT2D eigenvalue weighted by molar-refractivity contribution is 6.43. The van der Waals surface area contributed by atoms with Gasteiger partial charge in [0, 0.05) is 5.94 Å². The lowest BCUT2D eigenvalue weighted by molar-refractivity contribution is 0.352. The summed E-state index contributed by atoms with van der Waals surface area (Å²) in [6.45, 7) is 0. The van der Waals surface area contributed by atoms with Gasteiger partial charge in [0.25, 0.3) is 0 Å². The lowest BCUT2D eigenvalue weighted by Crippen LogP contribution is -2.44. The predicted molar refractivity (Wildman–Crippen MR) is 47.4 cm³/mol. The largest absolute Gasteiger partial charge is 0.469 e. The molecule has 1 aliphatic carbocycles. The summed E-state index contributed by atoms with van der Waals surface area (Å²) in [5.74, 6) is -0.0949. The molecule has 0 aromatic carbocycles. The fourth-order valence-corrected chi connectivity index (χ4v) is 1.59. The molecule has 1 aliphatic rings. The molecule has 1 atom stereocenters. The van der Waals surface area contributed by atoms with E-state index < -0.39 is 13.1 Å². The lowest BCUT2D eigenvalue weighted by atomic mass is 9.72. The van der Waals surface area contributed by atoms with E-state index in [1.54, 1.807) is 0 Å². The van der Waals surface area contributed by atoms with Crippen LogP contribution in [0.2, 0.25) is 0 Å². The van der Waals surface area contributed by atoms with E-state index in [1.807, 2.05) is 0 Å². The number of hydrogen-bond acceptors (Lipinski definition) is 3. The molecule has 0 aromatic rings. The second-order valence-corrected chi connectivity index (χ2v) is 3.04. The van der Waals surface area contributed by atoms with E-state index in [0.29, 0.717) is 5.92 Å². The van der Waals surface area contributed by atoms with Crippen molar-refractivity contribution < 1.29 is 10.0 Å². The molecule has 66 valence electrons. The van der Waals surface area contributed by atoms with Gasteiger partial charge in [-0.05, 0) is 18.8 Å². The molecule has 0 bridgehead atoms. The van der Waals surface area contributed by atoms with Crippen LogP contribution in [-0.2, 0) is 0 Å². The Morgan fingerprint density at radius 1 is 1.27 bits per heavy atom. The zero-order chi connectivity index (χ0) is 7.56. The summed E-state index contributed by atoms with van der Waals surface area (Å²) in [4.78, 5) is 0. The zero-order valence-electron chi connectivity index (χ0n) is 6.44. The van der Waals surface area contributed by atoms with Gasteiger partial charge in [-0.2, -0.15) is 0 Å². The van der Waals surface area contributed by atoms with Crippen molar-refractivity contribution in [1.82, 2.24) is 0 Å². The molecule has 1 saturated carbocycles. The zero-order valence-corrected chi connectivity index (χ0v) is 7.26. The van der Waals surface area contributed by atoms with Gasteiger partial charge < -0.3 is 15.8 Å². The summed E-state index contributed by atoms with van der Waals surface area (Å²) in [6.07, 6.45) is 4.48. The highest BCUT2D eigenvalue weighted by Gasteiger charge is 2.29. The minimum absolute atomic E-state index is 0. The number of hydrogen-bond donors (Lipinski definition) is 3. The molecule has 0 radical (unpaired) electrons. The molecule has 0 amide bonds. The predicted octanol–water partition coefficient (Wildman–Crippen LogP) is -0.0623. The molecule has 4 N–H and O–H groups in total. The van der Waals surface area contributed by atoms with Gasteiger partial charge in [-0.15, -0.1) is 12.4 Å². The summed E-state index contributed by atoms with van der Waals surface area (Å²) >= 11 is 0. The standard InChI is InChI=1S/C6H14BNO2.ClH/c8-6(7(9)10)5-3-1-2-4-5;/h5-6,9-10H,1-4,8H2;1H/t6-;/m0./s1. The Balaban J connectivity index is 0.000001000. The van der Waals surface area contributed by atoms with Crippen LogP contribution >= 0.6 is 12.4 Å². The molecule has 1 fully saturated rings. The Morgan fingerprint density at radius 2 is 1.73 bits per heavy atom.